The minimum atomic E-state index is -0.769. The Hall–Kier alpha value is -2.31. The van der Waals surface area contributed by atoms with Gasteiger partial charge in [-0.1, -0.05) is 0 Å². The van der Waals surface area contributed by atoms with Crippen molar-refractivity contribution in [3.63, 3.8) is 0 Å². The zero-order chi connectivity index (χ0) is 13.4. The Labute approximate surface area is 104 Å². The Morgan fingerprint density at radius 2 is 1.94 bits per heavy atom. The maximum absolute atomic E-state index is 11.5. The molecule has 98 valence electrons. The van der Waals surface area contributed by atoms with E-state index in [1.165, 1.54) is 12.5 Å². The van der Waals surface area contributed by atoms with E-state index < -0.39 is 11.9 Å². The van der Waals surface area contributed by atoms with Gasteiger partial charge in [0.15, 0.2) is 5.57 Å². The Morgan fingerprint density at radius 1 is 1.33 bits per heavy atom. The summed E-state index contributed by atoms with van der Waals surface area (Å²) in [7, 11) is 0. The maximum atomic E-state index is 11.5. The van der Waals surface area contributed by atoms with Gasteiger partial charge in [0, 0.05) is 6.20 Å². The smallest absolute Gasteiger partial charge is 0.347 e. The van der Waals surface area contributed by atoms with Crippen molar-refractivity contribution in [1.82, 2.24) is 4.98 Å². The van der Waals surface area contributed by atoms with Crippen LogP contribution >= 0.6 is 0 Å². The molecule has 0 bridgehead atoms. The Bertz CT molecular complexity index is 405. The first-order chi connectivity index (χ1) is 8.69. The number of ether oxygens (including phenoxy) is 2. The molecule has 0 atom stereocenters. The average Bonchev–Trinajstić information content (AvgIpc) is 2.83. The van der Waals surface area contributed by atoms with Crippen LogP contribution in [0.2, 0.25) is 0 Å². The van der Waals surface area contributed by atoms with Crippen molar-refractivity contribution in [2.45, 2.75) is 13.8 Å². The van der Waals surface area contributed by atoms with Gasteiger partial charge in [0.1, 0.15) is 6.26 Å². The molecular weight excluding hydrogens is 240 g/mol. The van der Waals surface area contributed by atoms with Crippen LogP contribution in [0.3, 0.4) is 0 Å². The van der Waals surface area contributed by atoms with Crippen molar-refractivity contribution in [2.75, 3.05) is 18.5 Å². The summed E-state index contributed by atoms with van der Waals surface area (Å²) in [5.74, 6) is -1.54. The van der Waals surface area contributed by atoms with E-state index in [0.717, 1.165) is 6.20 Å². The summed E-state index contributed by atoms with van der Waals surface area (Å²) >= 11 is 0. The van der Waals surface area contributed by atoms with Crippen LogP contribution in [-0.2, 0) is 19.1 Å². The number of anilines is 1. The molecule has 18 heavy (non-hydrogen) atoms. The molecule has 1 aromatic heterocycles. The molecule has 0 aliphatic rings. The molecule has 1 heterocycles. The predicted octanol–water partition coefficient (Wildman–Crippen LogP) is 1.10. The second kappa shape index (κ2) is 7.10. The highest BCUT2D eigenvalue weighted by atomic mass is 16.6. The van der Waals surface area contributed by atoms with Gasteiger partial charge in [-0.05, 0) is 13.8 Å². The van der Waals surface area contributed by atoms with E-state index in [9.17, 15) is 9.59 Å². The zero-order valence-corrected chi connectivity index (χ0v) is 10.1. The van der Waals surface area contributed by atoms with E-state index in [-0.39, 0.29) is 24.8 Å². The second-order valence-corrected chi connectivity index (χ2v) is 2.98. The van der Waals surface area contributed by atoms with E-state index in [1.54, 1.807) is 13.8 Å². The fourth-order valence-electron chi connectivity index (χ4n) is 1.05. The molecule has 1 N–H and O–H groups in total. The molecule has 1 rings (SSSR count). The number of esters is 2. The van der Waals surface area contributed by atoms with Crippen LogP contribution in [0.25, 0.3) is 0 Å². The molecule has 0 spiro atoms. The monoisotopic (exact) mass is 254 g/mol. The van der Waals surface area contributed by atoms with Crippen molar-refractivity contribution < 1.29 is 23.5 Å². The number of carbonyl (C=O) groups is 2. The lowest BCUT2D eigenvalue weighted by Crippen LogP contribution is -2.19. The molecule has 0 fully saturated rings. The van der Waals surface area contributed by atoms with Gasteiger partial charge in [0.25, 0.3) is 6.01 Å². The molecule has 0 radical (unpaired) electrons. The quantitative estimate of drug-likeness (QED) is 0.351. The third kappa shape index (κ3) is 3.93. The topological polar surface area (TPSA) is 90.7 Å². The summed E-state index contributed by atoms with van der Waals surface area (Å²) < 4.78 is 14.4. The number of rotatable bonds is 6. The van der Waals surface area contributed by atoms with Crippen LogP contribution in [0.15, 0.2) is 28.7 Å². The second-order valence-electron chi connectivity index (χ2n) is 2.98. The summed E-state index contributed by atoms with van der Waals surface area (Å²) in [6.07, 6.45) is 3.91. The van der Waals surface area contributed by atoms with Gasteiger partial charge >= 0.3 is 11.9 Å². The lowest BCUT2D eigenvalue weighted by molar-refractivity contribution is -0.146. The minimum Gasteiger partial charge on any atom is -0.462 e. The summed E-state index contributed by atoms with van der Waals surface area (Å²) in [5.41, 5.74) is -0.253. The van der Waals surface area contributed by atoms with Crippen LogP contribution < -0.4 is 5.32 Å². The first-order valence-electron chi connectivity index (χ1n) is 5.39. The lowest BCUT2D eigenvalue weighted by atomic mass is 10.3. The zero-order valence-electron chi connectivity index (χ0n) is 10.1. The van der Waals surface area contributed by atoms with Gasteiger partial charge < -0.3 is 19.2 Å². The molecule has 7 heteroatoms. The van der Waals surface area contributed by atoms with E-state index >= 15 is 0 Å². The summed E-state index contributed by atoms with van der Waals surface area (Å²) in [6.45, 7) is 3.60. The fraction of sp³-hybridized carbons (Fsp3) is 0.364. The van der Waals surface area contributed by atoms with Crippen LogP contribution in [0.5, 0.6) is 0 Å². The van der Waals surface area contributed by atoms with E-state index in [2.05, 4.69) is 10.3 Å². The van der Waals surface area contributed by atoms with Crippen molar-refractivity contribution in [1.29, 1.82) is 0 Å². The average molecular weight is 254 g/mol. The lowest BCUT2D eigenvalue weighted by Gasteiger charge is -2.06. The molecule has 0 saturated carbocycles. The van der Waals surface area contributed by atoms with Gasteiger partial charge in [0.2, 0.25) is 0 Å². The van der Waals surface area contributed by atoms with Gasteiger partial charge in [-0.2, -0.15) is 0 Å². The maximum Gasteiger partial charge on any atom is 0.347 e. The van der Waals surface area contributed by atoms with Crippen LogP contribution in [0.4, 0.5) is 6.01 Å². The standard InChI is InChI=1S/C11H14N2O5/c1-3-16-9(14)8(10(15)17-4-2)7-13-11-12-5-6-18-11/h5-7H,3-4H2,1-2H3,(H,12,13). The van der Waals surface area contributed by atoms with Gasteiger partial charge in [-0.3, -0.25) is 0 Å². The van der Waals surface area contributed by atoms with E-state index in [4.69, 9.17) is 13.9 Å². The summed E-state index contributed by atoms with van der Waals surface area (Å²) in [6, 6.07) is 0.154. The highest BCUT2D eigenvalue weighted by Crippen LogP contribution is 2.06. The van der Waals surface area contributed by atoms with Gasteiger partial charge in [-0.15, -0.1) is 0 Å². The van der Waals surface area contributed by atoms with Crippen LogP contribution in [0.1, 0.15) is 13.8 Å². The highest BCUT2D eigenvalue weighted by molar-refractivity contribution is 6.14. The molecule has 0 aromatic carbocycles. The number of carbonyl (C=O) groups excluding carboxylic acids is 2. The molecular formula is C11H14N2O5. The Morgan fingerprint density at radius 3 is 2.39 bits per heavy atom. The molecule has 0 unspecified atom stereocenters. The molecule has 0 aliphatic heterocycles. The largest absolute Gasteiger partial charge is 0.462 e. The van der Waals surface area contributed by atoms with Gasteiger partial charge in [-0.25, -0.2) is 14.6 Å². The molecule has 1 aromatic rings. The SMILES string of the molecule is CCOC(=O)C(=CNc1ncco1)C(=O)OCC. The van der Waals surface area contributed by atoms with Crippen molar-refractivity contribution in [2.24, 2.45) is 0 Å². The van der Waals surface area contributed by atoms with Crippen LogP contribution in [-0.4, -0.2) is 30.1 Å². The number of aromatic nitrogens is 1. The van der Waals surface area contributed by atoms with Crippen LogP contribution in [0, 0.1) is 0 Å². The molecule has 7 nitrogen and oxygen atoms in total. The Balaban J connectivity index is 2.78. The molecule has 0 saturated heterocycles. The summed E-state index contributed by atoms with van der Waals surface area (Å²) in [4.78, 5) is 26.8. The summed E-state index contributed by atoms with van der Waals surface area (Å²) in [5, 5.41) is 2.56. The predicted molar refractivity (Wildman–Crippen MR) is 61.5 cm³/mol. The number of hydrogen-bond acceptors (Lipinski definition) is 7. The fourth-order valence-corrected chi connectivity index (χ4v) is 1.05. The minimum absolute atomic E-state index is 0.154. The first kappa shape index (κ1) is 13.8. The number of nitrogens with one attached hydrogen (secondary N) is 1. The highest BCUT2D eigenvalue weighted by Gasteiger charge is 2.21. The number of oxazole rings is 1. The van der Waals surface area contributed by atoms with Crippen molar-refractivity contribution in [3.05, 3.63) is 24.2 Å². The Kier molecular flexibility index (Phi) is 5.43. The first-order valence-corrected chi connectivity index (χ1v) is 5.39. The molecule has 0 amide bonds. The van der Waals surface area contributed by atoms with E-state index in [1.807, 2.05) is 0 Å². The van der Waals surface area contributed by atoms with Crippen molar-refractivity contribution >= 4 is 18.0 Å². The third-order valence-electron chi connectivity index (χ3n) is 1.76. The third-order valence-corrected chi connectivity index (χ3v) is 1.76. The number of nitrogens with zero attached hydrogens (tertiary/aromatic N) is 1. The van der Waals surface area contributed by atoms with Crippen molar-refractivity contribution in [3.8, 4) is 0 Å². The van der Waals surface area contributed by atoms with Gasteiger partial charge in [0.05, 0.1) is 19.4 Å². The normalized spacial score (nSPS) is 9.44. The molecule has 0 aliphatic carbocycles. The number of hydrogen-bond donors (Lipinski definition) is 1. The van der Waals surface area contributed by atoms with E-state index in [0.29, 0.717) is 0 Å².